The van der Waals surface area contributed by atoms with E-state index in [9.17, 15) is 19.7 Å². The molecule has 124 valence electrons. The van der Waals surface area contributed by atoms with Crippen LogP contribution in [0.3, 0.4) is 0 Å². The number of carbonyl (C=O) groups excluding carboxylic acids is 2. The van der Waals surface area contributed by atoms with Crippen LogP contribution in [0.2, 0.25) is 0 Å². The molecule has 0 aliphatic rings. The Labute approximate surface area is 145 Å². The summed E-state index contributed by atoms with van der Waals surface area (Å²) in [5.74, 6) is -0.937. The fraction of sp³-hybridized carbons (Fsp3) is 0.0667. The molecule has 0 fully saturated rings. The van der Waals surface area contributed by atoms with Gasteiger partial charge < -0.3 is 4.74 Å². The zero-order valence-corrected chi connectivity index (χ0v) is 14.0. The van der Waals surface area contributed by atoms with Crippen LogP contribution in [0, 0.1) is 10.1 Å². The summed E-state index contributed by atoms with van der Waals surface area (Å²) in [7, 11) is 1.42. The van der Waals surface area contributed by atoms with Crippen LogP contribution in [-0.2, 0) is 0 Å². The van der Waals surface area contributed by atoms with E-state index in [1.54, 1.807) is 12.1 Å². The number of carbonyl (C=O) groups is 2. The number of hydrazine groups is 1. The van der Waals surface area contributed by atoms with Crippen LogP contribution in [0.1, 0.15) is 20.7 Å². The molecule has 2 aromatic carbocycles. The van der Waals surface area contributed by atoms with Gasteiger partial charge in [0, 0.05) is 22.2 Å². The lowest BCUT2D eigenvalue weighted by atomic mass is 10.2. The third kappa shape index (κ3) is 4.07. The Bertz CT molecular complexity index is 809. The van der Waals surface area contributed by atoms with E-state index in [4.69, 9.17) is 4.74 Å². The van der Waals surface area contributed by atoms with Crippen molar-refractivity contribution < 1.29 is 19.2 Å². The number of ether oxygens (including phenoxy) is 1. The van der Waals surface area contributed by atoms with Crippen molar-refractivity contribution in [1.82, 2.24) is 10.9 Å². The lowest BCUT2D eigenvalue weighted by Gasteiger charge is -2.10. The molecule has 0 aliphatic carbocycles. The number of methoxy groups -OCH3 is 1. The summed E-state index contributed by atoms with van der Waals surface area (Å²) < 4.78 is 5.75. The molecule has 0 bridgehead atoms. The fourth-order valence-electron chi connectivity index (χ4n) is 1.87. The summed E-state index contributed by atoms with van der Waals surface area (Å²) in [6.07, 6.45) is 0. The maximum absolute atomic E-state index is 12.2. The zero-order chi connectivity index (χ0) is 17.7. The first kappa shape index (κ1) is 17.4. The molecule has 0 aliphatic heterocycles. The number of halogens is 1. The van der Waals surface area contributed by atoms with E-state index in [1.807, 2.05) is 0 Å². The van der Waals surface area contributed by atoms with Crippen molar-refractivity contribution in [2.75, 3.05) is 7.11 Å². The first-order valence-corrected chi connectivity index (χ1v) is 7.40. The Morgan fingerprint density at radius 3 is 2.50 bits per heavy atom. The van der Waals surface area contributed by atoms with Crippen molar-refractivity contribution >= 4 is 33.4 Å². The minimum absolute atomic E-state index is 0.0470. The third-order valence-corrected chi connectivity index (χ3v) is 3.51. The molecule has 0 atom stereocenters. The summed E-state index contributed by atoms with van der Waals surface area (Å²) in [6, 6.07) is 10.00. The molecule has 0 radical (unpaired) electrons. The lowest BCUT2D eigenvalue weighted by molar-refractivity contribution is -0.384. The second-order valence-corrected chi connectivity index (χ2v) is 5.48. The molecule has 2 rings (SSSR count). The van der Waals surface area contributed by atoms with Gasteiger partial charge in [-0.25, -0.2) is 0 Å². The molecule has 0 heterocycles. The lowest BCUT2D eigenvalue weighted by Crippen LogP contribution is -2.41. The number of hydrogen-bond acceptors (Lipinski definition) is 5. The minimum atomic E-state index is -0.680. The molecular formula is C15H12BrN3O5. The van der Waals surface area contributed by atoms with Crippen LogP contribution in [-0.4, -0.2) is 23.8 Å². The Morgan fingerprint density at radius 2 is 1.83 bits per heavy atom. The molecule has 24 heavy (non-hydrogen) atoms. The van der Waals surface area contributed by atoms with E-state index < -0.39 is 16.7 Å². The maximum atomic E-state index is 12.2. The third-order valence-electron chi connectivity index (χ3n) is 3.01. The smallest absolute Gasteiger partial charge is 0.273 e. The first-order chi connectivity index (χ1) is 11.4. The highest BCUT2D eigenvalue weighted by Crippen LogP contribution is 2.22. The molecular weight excluding hydrogens is 382 g/mol. The van der Waals surface area contributed by atoms with Gasteiger partial charge in [-0.2, -0.15) is 0 Å². The molecule has 0 unspecified atom stereocenters. The van der Waals surface area contributed by atoms with E-state index >= 15 is 0 Å². The molecule has 0 spiro atoms. The van der Waals surface area contributed by atoms with Gasteiger partial charge in [-0.15, -0.1) is 0 Å². The highest BCUT2D eigenvalue weighted by molar-refractivity contribution is 9.10. The van der Waals surface area contributed by atoms with Gasteiger partial charge in [0.15, 0.2) is 0 Å². The summed E-state index contributed by atoms with van der Waals surface area (Å²) in [4.78, 5) is 34.2. The van der Waals surface area contributed by atoms with Gasteiger partial charge in [-0.3, -0.25) is 30.6 Å². The highest BCUT2D eigenvalue weighted by Gasteiger charge is 2.15. The van der Waals surface area contributed by atoms with Crippen molar-refractivity contribution in [2.24, 2.45) is 0 Å². The number of nitrogens with one attached hydrogen (secondary N) is 2. The van der Waals surface area contributed by atoms with Crippen LogP contribution < -0.4 is 15.6 Å². The van der Waals surface area contributed by atoms with E-state index in [1.165, 1.54) is 31.4 Å². The van der Waals surface area contributed by atoms with Crippen molar-refractivity contribution in [3.05, 3.63) is 68.2 Å². The van der Waals surface area contributed by atoms with Crippen LogP contribution in [0.4, 0.5) is 5.69 Å². The number of hydrogen-bond donors (Lipinski definition) is 2. The van der Waals surface area contributed by atoms with Gasteiger partial charge >= 0.3 is 0 Å². The largest absolute Gasteiger partial charge is 0.496 e. The Hall–Kier alpha value is -2.94. The average Bonchev–Trinajstić information content (AvgIpc) is 2.59. The zero-order valence-electron chi connectivity index (χ0n) is 12.4. The van der Waals surface area contributed by atoms with E-state index in [0.29, 0.717) is 10.2 Å². The van der Waals surface area contributed by atoms with Gasteiger partial charge in [-0.05, 0) is 24.3 Å². The monoisotopic (exact) mass is 393 g/mol. The van der Waals surface area contributed by atoms with Crippen molar-refractivity contribution in [1.29, 1.82) is 0 Å². The normalized spacial score (nSPS) is 9.92. The second kappa shape index (κ2) is 7.55. The van der Waals surface area contributed by atoms with Crippen LogP contribution in [0.25, 0.3) is 0 Å². The summed E-state index contributed by atoms with van der Waals surface area (Å²) in [6.45, 7) is 0. The predicted octanol–water partition coefficient (Wildman–Crippen LogP) is 2.44. The number of nitrogens with zero attached hydrogens (tertiary/aromatic N) is 1. The molecule has 8 nitrogen and oxygen atoms in total. The topological polar surface area (TPSA) is 111 Å². The van der Waals surface area contributed by atoms with Gasteiger partial charge in [-0.1, -0.05) is 22.0 Å². The SMILES string of the molecule is COc1ccc(Br)cc1C(=O)NNC(=O)c1cccc([N+](=O)[O-])c1. The van der Waals surface area contributed by atoms with Crippen molar-refractivity contribution in [3.8, 4) is 5.75 Å². The summed E-state index contributed by atoms with van der Waals surface area (Å²) in [5, 5.41) is 10.7. The summed E-state index contributed by atoms with van der Waals surface area (Å²) >= 11 is 3.25. The molecule has 0 aromatic heterocycles. The van der Waals surface area contributed by atoms with E-state index in [0.717, 1.165) is 6.07 Å². The van der Waals surface area contributed by atoms with Gasteiger partial charge in [0.2, 0.25) is 0 Å². The van der Waals surface area contributed by atoms with Crippen LogP contribution in [0.15, 0.2) is 46.9 Å². The fourth-order valence-corrected chi connectivity index (χ4v) is 2.23. The molecule has 2 aromatic rings. The van der Waals surface area contributed by atoms with Gasteiger partial charge in [0.1, 0.15) is 5.75 Å². The number of nitro groups is 1. The van der Waals surface area contributed by atoms with E-state index in [-0.39, 0.29) is 16.8 Å². The molecule has 2 N–H and O–H groups in total. The average molecular weight is 394 g/mol. The molecule has 0 saturated carbocycles. The van der Waals surface area contributed by atoms with Gasteiger partial charge in [0.05, 0.1) is 17.6 Å². The highest BCUT2D eigenvalue weighted by atomic mass is 79.9. The first-order valence-electron chi connectivity index (χ1n) is 6.61. The molecule has 9 heteroatoms. The quantitative estimate of drug-likeness (QED) is 0.612. The maximum Gasteiger partial charge on any atom is 0.273 e. The van der Waals surface area contributed by atoms with Crippen LogP contribution in [0.5, 0.6) is 5.75 Å². The molecule has 0 saturated heterocycles. The van der Waals surface area contributed by atoms with Crippen LogP contribution >= 0.6 is 15.9 Å². The Morgan fingerprint density at radius 1 is 1.12 bits per heavy atom. The standard InChI is InChI=1S/C15H12BrN3O5/c1-24-13-6-5-10(16)8-12(13)15(21)18-17-14(20)9-3-2-4-11(7-9)19(22)23/h2-8H,1H3,(H,17,20)(H,18,21). The Kier molecular flexibility index (Phi) is 5.48. The van der Waals surface area contributed by atoms with E-state index in [2.05, 4.69) is 26.8 Å². The minimum Gasteiger partial charge on any atom is -0.496 e. The van der Waals surface area contributed by atoms with Crippen molar-refractivity contribution in [2.45, 2.75) is 0 Å². The predicted molar refractivity (Wildman–Crippen MR) is 88.7 cm³/mol. The summed E-state index contributed by atoms with van der Waals surface area (Å²) in [5.41, 5.74) is 4.48. The van der Waals surface area contributed by atoms with Gasteiger partial charge in [0.25, 0.3) is 17.5 Å². The van der Waals surface area contributed by atoms with Crippen molar-refractivity contribution in [3.63, 3.8) is 0 Å². The second-order valence-electron chi connectivity index (χ2n) is 4.56. The number of benzene rings is 2. The Balaban J connectivity index is 2.09. The molecule has 2 amide bonds. The number of nitro benzene ring substituents is 1. The number of rotatable bonds is 4. The number of non-ortho nitro benzene ring substituents is 1. The number of amides is 2.